The molecular formula is C37H48N3O15P2+. The number of phenolic OH excluding ortho intramolecular Hbond substituents is 2. The topological polar surface area (TPSA) is 298 Å². The number of ether oxygens (including phenoxy) is 1. The van der Waals surface area contributed by atoms with Gasteiger partial charge in [-0.25, -0.2) is 4.57 Å². The smallest absolute Gasteiger partial charge is 0.369 e. The second kappa shape index (κ2) is 17.6. The molecule has 0 aliphatic carbocycles. The maximum absolute atomic E-state index is 12.9. The number of carbonyl (C=O) groups is 2. The van der Waals surface area contributed by atoms with Gasteiger partial charge in [0.1, 0.15) is 11.9 Å². The number of aromatic hydroxyl groups is 2. The van der Waals surface area contributed by atoms with Gasteiger partial charge < -0.3 is 59.8 Å². The molecule has 0 fully saturated rings. The van der Waals surface area contributed by atoms with E-state index in [0.29, 0.717) is 11.1 Å². The molecule has 1 unspecified atom stereocenters. The van der Waals surface area contributed by atoms with Crippen LogP contribution in [0.15, 0.2) is 76.2 Å². The van der Waals surface area contributed by atoms with E-state index in [1.54, 1.807) is 24.3 Å². The number of nitrogens with one attached hydrogen (secondary N) is 2. The summed E-state index contributed by atoms with van der Waals surface area (Å²) in [5.41, 5.74) is -0.798. The standard InChI is InChI=1S/C37H47N3O15P2/c1-35(2,17-31(44)38-18-26(41)19-40-13-11-23(12-14-40)16-37(47,56(48,49)50)57(51,52)53)21-54-22-36(3,4)20-39-34(46)25-7-5-24(6-8-25)30-15-29(43)27-9-10-28(42)32(45)33(27)55-30/h5-15,26,41,47H,16-22H2,1-4H3,(H7-,38,39,42,43,44,45,46,48,49,50,51,52,53)/p+1. The maximum Gasteiger partial charge on any atom is 0.369 e. The van der Waals surface area contributed by atoms with Gasteiger partial charge in [0, 0.05) is 60.7 Å². The van der Waals surface area contributed by atoms with Gasteiger partial charge in [0.05, 0.1) is 18.6 Å². The molecular weight excluding hydrogens is 788 g/mol. The van der Waals surface area contributed by atoms with E-state index >= 15 is 0 Å². The number of nitrogens with zero attached hydrogens (tertiary/aromatic N) is 1. The Morgan fingerprint density at radius 2 is 1.47 bits per heavy atom. The van der Waals surface area contributed by atoms with Gasteiger partial charge in [-0.15, -0.1) is 0 Å². The van der Waals surface area contributed by atoms with Gasteiger partial charge in [0.15, 0.2) is 35.7 Å². The minimum absolute atomic E-state index is 0.00498. The lowest BCUT2D eigenvalue weighted by Crippen LogP contribution is -2.45. The van der Waals surface area contributed by atoms with E-state index in [0.717, 1.165) is 0 Å². The average molecular weight is 837 g/mol. The fourth-order valence-corrected chi connectivity index (χ4v) is 7.80. The van der Waals surface area contributed by atoms with E-state index in [4.69, 9.17) is 9.15 Å². The highest BCUT2D eigenvalue weighted by atomic mass is 31.2. The van der Waals surface area contributed by atoms with Gasteiger partial charge in [-0.1, -0.05) is 39.8 Å². The Kier molecular flexibility index (Phi) is 13.9. The van der Waals surface area contributed by atoms with Gasteiger partial charge in [0.25, 0.3) is 11.0 Å². The maximum atomic E-state index is 12.9. The molecule has 0 spiro atoms. The van der Waals surface area contributed by atoms with Crippen LogP contribution in [0.2, 0.25) is 0 Å². The third-order valence-electron chi connectivity index (χ3n) is 8.92. The molecule has 10 N–H and O–H groups in total. The molecule has 4 rings (SSSR count). The van der Waals surface area contributed by atoms with Crippen molar-refractivity contribution >= 4 is 38.0 Å². The van der Waals surface area contributed by atoms with E-state index in [9.17, 15) is 63.5 Å². The molecule has 310 valence electrons. The van der Waals surface area contributed by atoms with Crippen LogP contribution >= 0.6 is 15.2 Å². The lowest BCUT2D eigenvalue weighted by atomic mass is 9.89. The number of amides is 2. The van der Waals surface area contributed by atoms with Crippen LogP contribution in [0.25, 0.3) is 22.3 Å². The fourth-order valence-electron chi connectivity index (χ4n) is 5.66. The molecule has 0 bridgehead atoms. The number of aromatic nitrogens is 1. The second-order valence-electron chi connectivity index (χ2n) is 15.4. The Labute approximate surface area is 327 Å². The van der Waals surface area contributed by atoms with Crippen molar-refractivity contribution in [3.05, 3.63) is 88.3 Å². The predicted molar refractivity (Wildman–Crippen MR) is 205 cm³/mol. The van der Waals surface area contributed by atoms with Crippen LogP contribution in [0.5, 0.6) is 11.5 Å². The second-order valence-corrected chi connectivity index (χ2v) is 19.5. The Bertz CT molecular complexity index is 2210. The summed E-state index contributed by atoms with van der Waals surface area (Å²) in [6, 6.07) is 12.7. The number of aliphatic hydroxyl groups is 2. The highest BCUT2D eigenvalue weighted by Crippen LogP contribution is 2.68. The summed E-state index contributed by atoms with van der Waals surface area (Å²) in [4.78, 5) is 75.6. The van der Waals surface area contributed by atoms with Crippen molar-refractivity contribution in [3.8, 4) is 22.8 Å². The number of hydrogen-bond donors (Lipinski definition) is 10. The Morgan fingerprint density at radius 3 is 2.07 bits per heavy atom. The van der Waals surface area contributed by atoms with Crippen LogP contribution in [-0.2, 0) is 31.6 Å². The third kappa shape index (κ3) is 11.8. The lowest BCUT2D eigenvalue weighted by molar-refractivity contribution is -0.703. The van der Waals surface area contributed by atoms with E-state index < -0.39 is 60.6 Å². The third-order valence-corrected chi connectivity index (χ3v) is 12.7. The van der Waals surface area contributed by atoms with Crippen molar-refractivity contribution in [2.24, 2.45) is 10.8 Å². The number of aliphatic hydroxyl groups excluding tert-OH is 1. The quantitative estimate of drug-likeness (QED) is 0.0390. The predicted octanol–water partition coefficient (Wildman–Crippen LogP) is 2.07. The minimum Gasteiger partial charge on any atom is -0.504 e. The summed E-state index contributed by atoms with van der Waals surface area (Å²) in [5, 5.41) is 42.6. The van der Waals surface area contributed by atoms with Crippen molar-refractivity contribution in [2.75, 3.05) is 26.3 Å². The molecule has 0 aliphatic heterocycles. The molecule has 0 radical (unpaired) electrons. The van der Waals surface area contributed by atoms with Gasteiger partial charge >= 0.3 is 15.2 Å². The molecule has 2 amide bonds. The first-order chi connectivity index (χ1) is 26.3. The van der Waals surface area contributed by atoms with Crippen molar-refractivity contribution in [2.45, 2.75) is 58.3 Å². The first kappa shape index (κ1) is 45.2. The number of carbonyl (C=O) groups excluding carboxylic acids is 2. The van der Waals surface area contributed by atoms with Crippen molar-refractivity contribution in [1.82, 2.24) is 10.6 Å². The molecule has 4 aromatic rings. The van der Waals surface area contributed by atoms with E-state index in [2.05, 4.69) is 10.6 Å². The van der Waals surface area contributed by atoms with Gasteiger partial charge in [0.2, 0.25) is 11.7 Å². The van der Waals surface area contributed by atoms with Gasteiger partial charge in [-0.05, 0) is 35.2 Å². The first-order valence-corrected chi connectivity index (χ1v) is 20.7. The molecule has 2 aromatic heterocycles. The summed E-state index contributed by atoms with van der Waals surface area (Å²) >= 11 is 0. The summed E-state index contributed by atoms with van der Waals surface area (Å²) in [7, 11) is -11.2. The minimum atomic E-state index is -5.62. The molecule has 1 atom stereocenters. The summed E-state index contributed by atoms with van der Waals surface area (Å²) in [6.45, 7) is 8.12. The van der Waals surface area contributed by atoms with E-state index in [1.807, 2.05) is 27.7 Å². The summed E-state index contributed by atoms with van der Waals surface area (Å²) < 4.78 is 36.4. The van der Waals surface area contributed by atoms with Crippen LogP contribution in [-0.4, -0.2) is 89.3 Å². The highest BCUT2D eigenvalue weighted by molar-refractivity contribution is 7.72. The Hall–Kier alpha value is -4.48. The van der Waals surface area contributed by atoms with Crippen LogP contribution in [0.4, 0.5) is 0 Å². The molecule has 18 nitrogen and oxygen atoms in total. The Balaban J connectivity index is 1.19. The van der Waals surface area contributed by atoms with Crippen molar-refractivity contribution in [3.63, 3.8) is 0 Å². The largest absolute Gasteiger partial charge is 0.504 e. The zero-order valence-corrected chi connectivity index (χ0v) is 33.4. The molecule has 0 saturated heterocycles. The number of pyridine rings is 1. The SMILES string of the molecule is CC(C)(CNC(=O)c1ccc(-c2cc(=O)c3ccc(O)c(O)c3o2)cc1)COCC(C)(C)CC(=O)NCC(O)C[n+]1ccc(CC(O)(P(=O)(O)O)P(=O)(O)O)cc1. The highest BCUT2D eigenvalue weighted by Gasteiger charge is 2.59. The van der Waals surface area contributed by atoms with Crippen molar-refractivity contribution < 1.29 is 72.4 Å². The monoisotopic (exact) mass is 836 g/mol. The van der Waals surface area contributed by atoms with Gasteiger partial charge in [-0.3, -0.25) is 23.5 Å². The molecule has 57 heavy (non-hydrogen) atoms. The number of benzene rings is 2. The summed E-state index contributed by atoms with van der Waals surface area (Å²) in [6.07, 6.45) is 0.765. The molecule has 2 aromatic carbocycles. The molecule has 0 saturated carbocycles. The normalized spacial score (nSPS) is 13.4. The Morgan fingerprint density at radius 1 is 0.877 bits per heavy atom. The van der Waals surface area contributed by atoms with Crippen molar-refractivity contribution in [1.29, 1.82) is 0 Å². The summed E-state index contributed by atoms with van der Waals surface area (Å²) in [5.74, 6) is -1.52. The van der Waals surface area contributed by atoms with Crippen LogP contribution in [0.3, 0.4) is 0 Å². The zero-order chi connectivity index (χ0) is 42.6. The number of hydrogen-bond acceptors (Lipinski definition) is 11. The average Bonchev–Trinajstić information content (AvgIpc) is 3.11. The van der Waals surface area contributed by atoms with E-state index in [1.165, 1.54) is 47.3 Å². The molecule has 0 aliphatic rings. The van der Waals surface area contributed by atoms with Crippen LogP contribution < -0.4 is 20.6 Å². The number of fused-ring (bicyclic) bond motifs is 1. The zero-order valence-electron chi connectivity index (χ0n) is 31.7. The number of phenols is 2. The number of rotatable bonds is 18. The molecule has 20 heteroatoms. The van der Waals surface area contributed by atoms with Gasteiger partial charge in [-0.2, -0.15) is 0 Å². The van der Waals surface area contributed by atoms with Crippen LogP contribution in [0, 0.1) is 10.8 Å². The van der Waals surface area contributed by atoms with Crippen LogP contribution in [0.1, 0.15) is 50.0 Å². The molecule has 2 heterocycles. The lowest BCUT2D eigenvalue weighted by Gasteiger charge is -2.29. The fraction of sp³-hybridized carbons (Fsp3) is 0.405. The first-order valence-electron chi connectivity index (χ1n) is 17.5. The van der Waals surface area contributed by atoms with E-state index in [-0.39, 0.29) is 73.4 Å².